The van der Waals surface area contributed by atoms with Gasteiger partial charge in [0, 0.05) is 24.5 Å². The zero-order chi connectivity index (χ0) is 27.1. The summed E-state index contributed by atoms with van der Waals surface area (Å²) in [6.45, 7) is 12.8. The van der Waals surface area contributed by atoms with Gasteiger partial charge in [-0.25, -0.2) is 4.90 Å². The van der Waals surface area contributed by atoms with Crippen LogP contribution in [-0.4, -0.2) is 54.1 Å². The number of rotatable bonds is 6. The molecule has 3 aliphatic heterocycles. The van der Waals surface area contributed by atoms with Gasteiger partial charge in [-0.1, -0.05) is 39.0 Å². The Morgan fingerprint density at radius 2 is 1.76 bits per heavy atom. The molecular weight excluding hydrogens is 492 g/mol. The number of benzene rings is 2. The molecule has 0 aliphatic carbocycles. The summed E-state index contributed by atoms with van der Waals surface area (Å²) in [5.74, 6) is -2.43. The molecular formula is C27H34N2O7Si. The highest BCUT2D eigenvalue weighted by Gasteiger charge is 2.77. The SMILES string of the molecule is CC(C)(C)[Si](C)(C)OCCC12CC(O)[C@@](C)(O1)[C@H]1C(=O)N(c3ccc([N+](=O)[O-])c4ccccc34)C(=O)[C@H]12. The molecule has 2 unspecified atom stereocenters. The number of carbonyl (C=O) groups is 2. The van der Waals surface area contributed by atoms with Crippen molar-refractivity contribution < 1.29 is 28.8 Å². The van der Waals surface area contributed by atoms with Gasteiger partial charge in [0.2, 0.25) is 11.8 Å². The minimum absolute atomic E-state index is 0.0142. The van der Waals surface area contributed by atoms with Gasteiger partial charge in [-0.3, -0.25) is 19.7 Å². The lowest BCUT2D eigenvalue weighted by Crippen LogP contribution is -2.50. The van der Waals surface area contributed by atoms with Crippen molar-refractivity contribution in [2.24, 2.45) is 11.8 Å². The predicted molar refractivity (Wildman–Crippen MR) is 141 cm³/mol. The number of non-ortho nitro benzene ring substituents is 1. The van der Waals surface area contributed by atoms with Gasteiger partial charge in [0.25, 0.3) is 5.69 Å². The van der Waals surface area contributed by atoms with Crippen LogP contribution in [0.1, 0.15) is 40.5 Å². The molecule has 9 nitrogen and oxygen atoms in total. The Morgan fingerprint density at radius 1 is 1.14 bits per heavy atom. The molecule has 0 radical (unpaired) electrons. The second-order valence-corrected chi connectivity index (χ2v) is 17.1. The van der Waals surface area contributed by atoms with Crippen molar-refractivity contribution in [1.82, 2.24) is 0 Å². The largest absolute Gasteiger partial charge is 0.417 e. The first kappa shape index (κ1) is 26.0. The normalized spacial score (nSPS) is 31.4. The van der Waals surface area contributed by atoms with Crippen LogP contribution >= 0.6 is 0 Å². The van der Waals surface area contributed by atoms with E-state index in [9.17, 15) is 24.8 Å². The molecule has 10 heteroatoms. The smallest absolute Gasteiger partial charge is 0.277 e. The molecule has 2 aromatic rings. The average Bonchev–Trinajstić information content (AvgIpc) is 3.33. The summed E-state index contributed by atoms with van der Waals surface area (Å²) < 4.78 is 12.8. The molecule has 2 aromatic carbocycles. The minimum Gasteiger partial charge on any atom is -0.417 e. The van der Waals surface area contributed by atoms with Crippen LogP contribution in [0, 0.1) is 22.0 Å². The van der Waals surface area contributed by atoms with Gasteiger partial charge in [-0.2, -0.15) is 0 Å². The number of aliphatic hydroxyl groups excluding tert-OH is 1. The average molecular weight is 527 g/mol. The Labute approximate surface area is 217 Å². The van der Waals surface area contributed by atoms with Gasteiger partial charge in [-0.05, 0) is 43.6 Å². The quantitative estimate of drug-likeness (QED) is 0.254. The highest BCUT2D eigenvalue weighted by molar-refractivity contribution is 6.74. The van der Waals surface area contributed by atoms with Crippen LogP contribution in [0.25, 0.3) is 10.8 Å². The molecule has 198 valence electrons. The van der Waals surface area contributed by atoms with Crippen molar-refractivity contribution in [2.75, 3.05) is 11.5 Å². The van der Waals surface area contributed by atoms with Crippen molar-refractivity contribution in [2.45, 2.75) is 76.0 Å². The van der Waals surface area contributed by atoms with E-state index in [2.05, 4.69) is 33.9 Å². The highest BCUT2D eigenvalue weighted by Crippen LogP contribution is 2.62. The molecule has 0 spiro atoms. The lowest BCUT2D eigenvalue weighted by atomic mass is 9.66. The Bertz CT molecular complexity index is 1320. The monoisotopic (exact) mass is 526 g/mol. The molecule has 2 amide bonds. The van der Waals surface area contributed by atoms with Gasteiger partial charge in [0.15, 0.2) is 8.32 Å². The van der Waals surface area contributed by atoms with Crippen molar-refractivity contribution in [3.8, 4) is 0 Å². The van der Waals surface area contributed by atoms with E-state index >= 15 is 0 Å². The summed E-state index contributed by atoms with van der Waals surface area (Å²) in [6.07, 6.45) is -0.257. The first-order valence-electron chi connectivity index (χ1n) is 12.7. The van der Waals surface area contributed by atoms with Crippen molar-refractivity contribution in [3.05, 3.63) is 46.5 Å². The molecule has 3 heterocycles. The summed E-state index contributed by atoms with van der Waals surface area (Å²) >= 11 is 0. The highest BCUT2D eigenvalue weighted by atomic mass is 28.4. The topological polar surface area (TPSA) is 119 Å². The van der Waals surface area contributed by atoms with Crippen LogP contribution in [-0.2, 0) is 18.8 Å². The molecule has 3 aliphatic rings. The van der Waals surface area contributed by atoms with E-state index in [1.807, 2.05) is 0 Å². The summed E-state index contributed by atoms with van der Waals surface area (Å²) in [5.41, 5.74) is -1.99. The van der Waals surface area contributed by atoms with Gasteiger partial charge >= 0.3 is 0 Å². The maximum atomic E-state index is 14.0. The summed E-state index contributed by atoms with van der Waals surface area (Å²) in [4.78, 5) is 40.1. The molecule has 5 rings (SSSR count). The van der Waals surface area contributed by atoms with E-state index in [1.165, 1.54) is 12.1 Å². The standard InChI is InChI=1S/C27H34N2O7Si/c1-25(2,3)37(5,6)35-14-13-27-15-20(30)26(4,36-27)21-22(27)24(32)28(23(21)31)18-11-12-19(29(33)34)17-10-8-7-9-16(17)18/h7-12,20-22,30H,13-15H2,1-6H3/t20?,21-,22+,26-,27?/m1/s1. The fourth-order valence-electron chi connectivity index (χ4n) is 6.18. The van der Waals surface area contributed by atoms with Crippen LogP contribution in [0.3, 0.4) is 0 Å². The first-order valence-corrected chi connectivity index (χ1v) is 15.6. The molecule has 3 saturated heterocycles. The van der Waals surface area contributed by atoms with E-state index in [0.717, 1.165) is 4.90 Å². The number of hydrogen-bond donors (Lipinski definition) is 1. The van der Waals surface area contributed by atoms with E-state index in [-0.39, 0.29) is 17.1 Å². The number of nitro groups is 1. The van der Waals surface area contributed by atoms with Crippen molar-refractivity contribution in [3.63, 3.8) is 0 Å². The molecule has 0 saturated carbocycles. The zero-order valence-electron chi connectivity index (χ0n) is 22.1. The van der Waals surface area contributed by atoms with Crippen LogP contribution in [0.2, 0.25) is 18.1 Å². The number of nitro benzene ring substituents is 1. The zero-order valence-corrected chi connectivity index (χ0v) is 23.1. The number of imide groups is 1. The third-order valence-corrected chi connectivity index (χ3v) is 13.8. The summed E-state index contributed by atoms with van der Waals surface area (Å²) in [5, 5.41) is 23.4. The number of fused-ring (bicyclic) bond motifs is 6. The number of anilines is 1. The minimum atomic E-state index is -2.06. The Hall–Kier alpha value is -2.66. The van der Waals surface area contributed by atoms with Gasteiger partial charge < -0.3 is 14.3 Å². The molecule has 0 aromatic heterocycles. The molecule has 3 fully saturated rings. The van der Waals surface area contributed by atoms with Crippen molar-refractivity contribution >= 4 is 42.3 Å². The summed E-state index contributed by atoms with van der Waals surface area (Å²) in [7, 11) is -2.06. The van der Waals surface area contributed by atoms with Gasteiger partial charge in [0.05, 0.1) is 39.5 Å². The first-order chi connectivity index (χ1) is 17.1. The lowest BCUT2D eigenvalue weighted by molar-refractivity contribution is -0.383. The van der Waals surface area contributed by atoms with Gasteiger partial charge in [-0.15, -0.1) is 0 Å². The van der Waals surface area contributed by atoms with Crippen LogP contribution in [0.4, 0.5) is 11.4 Å². The number of hydrogen-bond acceptors (Lipinski definition) is 7. The van der Waals surface area contributed by atoms with E-state index in [4.69, 9.17) is 9.16 Å². The molecule has 37 heavy (non-hydrogen) atoms. The van der Waals surface area contributed by atoms with Crippen LogP contribution in [0.15, 0.2) is 36.4 Å². The number of aliphatic hydroxyl groups is 1. The fraction of sp³-hybridized carbons (Fsp3) is 0.556. The maximum Gasteiger partial charge on any atom is 0.277 e. The summed E-state index contributed by atoms with van der Waals surface area (Å²) in [6, 6.07) is 9.49. The van der Waals surface area contributed by atoms with E-state index in [1.54, 1.807) is 31.2 Å². The van der Waals surface area contributed by atoms with Gasteiger partial charge in [0.1, 0.15) is 5.60 Å². The van der Waals surface area contributed by atoms with Crippen LogP contribution < -0.4 is 4.90 Å². The second-order valence-electron chi connectivity index (χ2n) is 12.3. The Balaban J connectivity index is 1.52. The Morgan fingerprint density at radius 3 is 2.38 bits per heavy atom. The fourth-order valence-corrected chi connectivity index (χ4v) is 7.22. The number of nitrogens with zero attached hydrogens (tertiary/aromatic N) is 2. The number of ether oxygens (including phenoxy) is 1. The third-order valence-electron chi connectivity index (χ3n) is 9.22. The molecule has 1 N–H and O–H groups in total. The van der Waals surface area contributed by atoms with Crippen molar-refractivity contribution in [1.29, 1.82) is 0 Å². The predicted octanol–water partition coefficient (Wildman–Crippen LogP) is 4.56. The molecule has 2 bridgehead atoms. The number of carbonyl (C=O) groups excluding carboxylic acids is 2. The molecule has 5 atom stereocenters. The van der Waals surface area contributed by atoms with E-state index in [0.29, 0.717) is 29.5 Å². The van der Waals surface area contributed by atoms with E-state index < -0.39 is 54.2 Å². The van der Waals surface area contributed by atoms with Crippen LogP contribution in [0.5, 0.6) is 0 Å². The second kappa shape index (κ2) is 8.17. The maximum absolute atomic E-state index is 14.0. The lowest BCUT2D eigenvalue weighted by Gasteiger charge is -2.38. The Kier molecular flexibility index (Phi) is 5.73. The third kappa shape index (κ3) is 3.60. The number of amides is 2.